The maximum absolute atomic E-state index is 11.2. The second-order valence-corrected chi connectivity index (χ2v) is 7.09. The second-order valence-electron chi connectivity index (χ2n) is 5.23. The molecule has 5 N–H and O–H groups in total. The van der Waals surface area contributed by atoms with Gasteiger partial charge in [0.2, 0.25) is 0 Å². The van der Waals surface area contributed by atoms with Gasteiger partial charge in [0, 0.05) is 6.66 Å². The minimum absolute atomic E-state index is 0.175. The lowest BCUT2D eigenvalue weighted by atomic mass is 10.1. The number of aliphatic hydroxyl groups excluding tert-OH is 2. The van der Waals surface area contributed by atoms with E-state index in [1.165, 1.54) is 17.2 Å². The minimum atomic E-state index is -3.72. The van der Waals surface area contributed by atoms with Crippen molar-refractivity contribution in [1.29, 1.82) is 0 Å². The molecule has 5 atom stereocenters. The molecular formula is C11H16N5O6P. The Morgan fingerprint density at radius 3 is 2.83 bits per heavy atom. The second kappa shape index (κ2) is 5.78. The van der Waals surface area contributed by atoms with Crippen molar-refractivity contribution in [2.45, 2.75) is 24.5 Å². The number of anilines is 1. The Bertz CT molecular complexity index is 762. The number of fused-ring (bicyclic) bond motifs is 1. The number of hydrogen-bond acceptors (Lipinski definition) is 9. The van der Waals surface area contributed by atoms with Crippen LogP contribution >= 0.6 is 7.60 Å². The molecule has 11 nitrogen and oxygen atoms in total. The van der Waals surface area contributed by atoms with Crippen molar-refractivity contribution in [1.82, 2.24) is 19.5 Å². The van der Waals surface area contributed by atoms with E-state index < -0.39 is 32.1 Å². The van der Waals surface area contributed by atoms with Gasteiger partial charge in [-0.15, -0.1) is 0 Å². The van der Waals surface area contributed by atoms with Crippen LogP contribution in [0.1, 0.15) is 6.23 Å². The summed E-state index contributed by atoms with van der Waals surface area (Å²) in [5, 5.41) is 20.2. The maximum atomic E-state index is 11.2. The average Bonchev–Trinajstić information content (AvgIpc) is 3.01. The molecule has 23 heavy (non-hydrogen) atoms. The van der Waals surface area contributed by atoms with Gasteiger partial charge in [0.15, 0.2) is 17.7 Å². The predicted octanol–water partition coefficient (Wildman–Crippen LogP) is -1.14. The molecule has 1 fully saturated rings. The summed E-state index contributed by atoms with van der Waals surface area (Å²) >= 11 is 0. The molecule has 0 spiro atoms. The maximum Gasteiger partial charge on any atom is 0.325 e. The summed E-state index contributed by atoms with van der Waals surface area (Å²) in [5.74, 6) is 0.175. The molecule has 0 aliphatic carbocycles. The van der Waals surface area contributed by atoms with Crippen molar-refractivity contribution >= 4 is 24.6 Å². The number of rotatable bonds is 4. The van der Waals surface area contributed by atoms with E-state index in [4.69, 9.17) is 19.9 Å². The Hall–Kier alpha value is -1.62. The van der Waals surface area contributed by atoms with Gasteiger partial charge in [-0.3, -0.25) is 9.13 Å². The number of nitrogens with two attached hydrogens (primary N) is 1. The number of nitrogens with zero attached hydrogens (tertiary/aromatic N) is 4. The molecular weight excluding hydrogens is 329 g/mol. The van der Waals surface area contributed by atoms with E-state index in [9.17, 15) is 14.8 Å². The van der Waals surface area contributed by atoms with E-state index in [0.29, 0.717) is 11.2 Å². The van der Waals surface area contributed by atoms with Gasteiger partial charge < -0.3 is 30.1 Å². The first-order chi connectivity index (χ1) is 10.8. The summed E-state index contributed by atoms with van der Waals surface area (Å²) in [6.07, 6.45) is -1.97. The Morgan fingerprint density at radius 1 is 1.39 bits per heavy atom. The van der Waals surface area contributed by atoms with E-state index in [2.05, 4.69) is 15.0 Å². The highest BCUT2D eigenvalue weighted by atomic mass is 31.2. The number of ether oxygens (including phenoxy) is 1. The molecule has 0 radical (unpaired) electrons. The Morgan fingerprint density at radius 2 is 2.13 bits per heavy atom. The number of aliphatic hydroxyl groups is 2. The van der Waals surface area contributed by atoms with Crippen LogP contribution in [0.2, 0.25) is 0 Å². The van der Waals surface area contributed by atoms with Crippen LogP contribution in [-0.4, -0.2) is 66.2 Å². The zero-order chi connectivity index (χ0) is 16.8. The van der Waals surface area contributed by atoms with E-state index in [1.54, 1.807) is 0 Å². The van der Waals surface area contributed by atoms with Gasteiger partial charge in [0.05, 0.1) is 12.9 Å². The van der Waals surface area contributed by atoms with Gasteiger partial charge in [0.1, 0.15) is 30.2 Å². The zero-order valence-electron chi connectivity index (χ0n) is 12.1. The van der Waals surface area contributed by atoms with Gasteiger partial charge in [-0.25, -0.2) is 15.0 Å². The smallest absolute Gasteiger partial charge is 0.325 e. The minimum Gasteiger partial charge on any atom is -0.387 e. The highest BCUT2D eigenvalue weighted by molar-refractivity contribution is 7.51. The summed E-state index contributed by atoms with van der Waals surface area (Å²) < 4.78 is 22.9. The third kappa shape index (κ3) is 3.07. The van der Waals surface area contributed by atoms with E-state index in [-0.39, 0.29) is 12.4 Å². The quantitative estimate of drug-likeness (QED) is 0.497. The van der Waals surface area contributed by atoms with Crippen LogP contribution < -0.4 is 5.73 Å². The highest BCUT2D eigenvalue weighted by Gasteiger charge is 2.45. The van der Waals surface area contributed by atoms with Crippen LogP contribution in [0.4, 0.5) is 5.82 Å². The predicted molar refractivity (Wildman–Crippen MR) is 77.4 cm³/mol. The summed E-state index contributed by atoms with van der Waals surface area (Å²) in [6, 6.07) is 0. The van der Waals surface area contributed by atoms with Gasteiger partial charge in [0.25, 0.3) is 0 Å². The lowest BCUT2D eigenvalue weighted by molar-refractivity contribution is -0.0483. The van der Waals surface area contributed by atoms with Gasteiger partial charge in [-0.1, -0.05) is 0 Å². The highest BCUT2D eigenvalue weighted by Crippen LogP contribution is 2.39. The number of imidazole rings is 1. The molecule has 126 valence electrons. The van der Waals surface area contributed by atoms with Crippen molar-refractivity contribution < 1.29 is 28.9 Å². The molecule has 1 aliphatic heterocycles. The van der Waals surface area contributed by atoms with Crippen LogP contribution in [0, 0.1) is 0 Å². The third-order valence-electron chi connectivity index (χ3n) is 3.48. The van der Waals surface area contributed by atoms with Gasteiger partial charge in [-0.2, -0.15) is 0 Å². The molecule has 2 aromatic heterocycles. The van der Waals surface area contributed by atoms with Crippen LogP contribution in [0.15, 0.2) is 12.7 Å². The van der Waals surface area contributed by atoms with Gasteiger partial charge >= 0.3 is 7.60 Å². The molecule has 2 aromatic rings. The fraction of sp³-hybridized carbons (Fsp3) is 0.545. The fourth-order valence-electron chi connectivity index (χ4n) is 2.36. The Balaban J connectivity index is 1.85. The summed E-state index contributed by atoms with van der Waals surface area (Å²) in [7, 11) is -3.72. The molecule has 0 aromatic carbocycles. The Kier molecular flexibility index (Phi) is 4.08. The normalized spacial score (nSPS) is 30.6. The van der Waals surface area contributed by atoms with Crippen molar-refractivity contribution in [3.63, 3.8) is 0 Å². The number of aromatic nitrogens is 4. The molecule has 1 aliphatic rings. The SMILES string of the molecule is CP(=O)(O)OC[C@H]1O[C@@H](n2cnc3c(N)ncnc32)C(O)[C@H]1O. The summed E-state index contributed by atoms with van der Waals surface area (Å²) in [5.41, 5.74) is 6.37. The fourth-order valence-corrected chi connectivity index (χ4v) is 2.79. The molecule has 0 saturated carbocycles. The van der Waals surface area contributed by atoms with Crippen molar-refractivity contribution in [2.75, 3.05) is 19.0 Å². The lowest BCUT2D eigenvalue weighted by Gasteiger charge is -2.16. The molecule has 1 saturated heterocycles. The number of hydrogen-bond donors (Lipinski definition) is 4. The van der Waals surface area contributed by atoms with Gasteiger partial charge in [-0.05, 0) is 0 Å². The van der Waals surface area contributed by atoms with E-state index in [1.807, 2.05) is 0 Å². The van der Waals surface area contributed by atoms with Crippen LogP contribution in [-0.2, 0) is 13.8 Å². The molecule has 3 heterocycles. The molecule has 3 rings (SSSR count). The van der Waals surface area contributed by atoms with Crippen molar-refractivity contribution in [3.8, 4) is 0 Å². The zero-order valence-corrected chi connectivity index (χ0v) is 12.9. The van der Waals surface area contributed by atoms with Crippen LogP contribution in [0.5, 0.6) is 0 Å². The topological polar surface area (TPSA) is 166 Å². The van der Waals surface area contributed by atoms with Crippen molar-refractivity contribution in [2.24, 2.45) is 0 Å². The largest absolute Gasteiger partial charge is 0.387 e. The Labute approximate surface area is 130 Å². The first-order valence-electron chi connectivity index (χ1n) is 6.67. The monoisotopic (exact) mass is 345 g/mol. The van der Waals surface area contributed by atoms with Crippen LogP contribution in [0.3, 0.4) is 0 Å². The number of nitrogen functional groups attached to an aromatic ring is 1. The summed E-state index contributed by atoms with van der Waals surface area (Å²) in [6.45, 7) is 0.675. The molecule has 2 unspecified atom stereocenters. The first kappa shape index (κ1) is 16.2. The summed E-state index contributed by atoms with van der Waals surface area (Å²) in [4.78, 5) is 21.0. The average molecular weight is 345 g/mol. The van der Waals surface area contributed by atoms with E-state index in [0.717, 1.165) is 6.66 Å². The molecule has 0 amide bonds. The molecule has 0 bridgehead atoms. The molecule has 12 heteroatoms. The van der Waals surface area contributed by atoms with Crippen molar-refractivity contribution in [3.05, 3.63) is 12.7 Å². The van der Waals surface area contributed by atoms with E-state index >= 15 is 0 Å². The standard InChI is InChI=1S/C11H16N5O6P/c1-23(19,20)21-2-5-7(17)8(18)11(22-5)16-4-15-6-9(12)13-3-14-10(6)16/h3-5,7-8,11,17-18H,2H2,1H3,(H,19,20)(H2,12,13,14)/t5-,7+,8?,11-/m1/s1. The van der Waals surface area contributed by atoms with Crippen LogP contribution in [0.25, 0.3) is 11.2 Å². The lowest BCUT2D eigenvalue weighted by Crippen LogP contribution is -2.33. The third-order valence-corrected chi connectivity index (χ3v) is 4.10. The first-order valence-corrected chi connectivity index (χ1v) is 8.70.